The normalized spacial score (nSPS) is 17.6. The fourth-order valence-corrected chi connectivity index (χ4v) is 5.22. The maximum atomic E-state index is 13.3. The van der Waals surface area contributed by atoms with Crippen LogP contribution >= 0.6 is 27.5 Å². The first-order valence-corrected chi connectivity index (χ1v) is 10.9. The van der Waals surface area contributed by atoms with Crippen LogP contribution in [0.1, 0.15) is 18.5 Å². The van der Waals surface area contributed by atoms with Gasteiger partial charge in [0.15, 0.2) is 0 Å². The van der Waals surface area contributed by atoms with E-state index in [1.54, 1.807) is 49.4 Å². The van der Waals surface area contributed by atoms with Crippen LogP contribution in [-0.2, 0) is 19.6 Å². The lowest BCUT2D eigenvalue weighted by Crippen LogP contribution is -2.33. The first kappa shape index (κ1) is 20.1. The number of nitrogens with zero attached hydrogens (tertiary/aromatic N) is 1. The molecule has 3 rings (SSSR count). The van der Waals surface area contributed by atoms with E-state index in [4.69, 9.17) is 16.3 Å². The summed E-state index contributed by atoms with van der Waals surface area (Å²) in [5.41, 5.74) is 0.951. The van der Waals surface area contributed by atoms with Gasteiger partial charge in [-0.15, -0.1) is 0 Å². The molecule has 142 valence electrons. The van der Waals surface area contributed by atoms with Crippen LogP contribution < -0.4 is 0 Å². The Morgan fingerprint density at radius 1 is 1.26 bits per heavy atom. The molecule has 0 spiro atoms. The molecule has 5 nitrogen and oxygen atoms in total. The topological polar surface area (TPSA) is 63.7 Å². The van der Waals surface area contributed by atoms with Crippen LogP contribution in [0.3, 0.4) is 0 Å². The van der Waals surface area contributed by atoms with E-state index in [1.807, 2.05) is 0 Å². The third kappa shape index (κ3) is 4.11. The zero-order valence-corrected chi connectivity index (χ0v) is 17.6. The van der Waals surface area contributed by atoms with Gasteiger partial charge in [0, 0.05) is 16.0 Å². The van der Waals surface area contributed by atoms with E-state index in [-0.39, 0.29) is 18.0 Å². The number of sulfonamides is 1. The number of hydrogen-bond acceptors (Lipinski definition) is 4. The lowest BCUT2D eigenvalue weighted by Gasteiger charge is -2.26. The summed E-state index contributed by atoms with van der Waals surface area (Å²) in [7, 11) is -3.84. The van der Waals surface area contributed by atoms with Gasteiger partial charge >= 0.3 is 5.97 Å². The highest BCUT2D eigenvalue weighted by molar-refractivity contribution is 9.10. The Balaban J connectivity index is 2.06. The second kappa shape index (κ2) is 8.14. The minimum atomic E-state index is -3.84. The number of benzene rings is 2. The molecule has 8 heteroatoms. The maximum Gasteiger partial charge on any atom is 0.335 e. The Kier molecular flexibility index (Phi) is 6.05. The Hall–Kier alpha value is -1.67. The predicted molar refractivity (Wildman–Crippen MR) is 107 cm³/mol. The monoisotopic (exact) mass is 469 g/mol. The van der Waals surface area contributed by atoms with Crippen molar-refractivity contribution in [1.29, 1.82) is 0 Å². The SMILES string of the molecule is CCOC(=O)C1=CCN(S(=O)(=O)c2cccc(Br)c2)C1c1ccc(Cl)cc1. The van der Waals surface area contributed by atoms with Gasteiger partial charge in [0.2, 0.25) is 10.0 Å². The summed E-state index contributed by atoms with van der Waals surface area (Å²) < 4.78 is 33.6. The van der Waals surface area contributed by atoms with Crippen molar-refractivity contribution in [2.24, 2.45) is 0 Å². The van der Waals surface area contributed by atoms with Crippen LogP contribution in [0.15, 0.2) is 69.5 Å². The highest BCUT2D eigenvalue weighted by Gasteiger charge is 2.41. The van der Waals surface area contributed by atoms with Gasteiger partial charge in [0.25, 0.3) is 0 Å². The highest BCUT2D eigenvalue weighted by atomic mass is 79.9. The highest BCUT2D eigenvalue weighted by Crippen LogP contribution is 2.38. The van der Waals surface area contributed by atoms with Crippen molar-refractivity contribution in [1.82, 2.24) is 4.31 Å². The molecular formula is C19H17BrClNO4S. The van der Waals surface area contributed by atoms with E-state index in [0.717, 1.165) is 0 Å². The summed E-state index contributed by atoms with van der Waals surface area (Å²) in [6, 6.07) is 12.5. The second-order valence-electron chi connectivity index (χ2n) is 5.87. The lowest BCUT2D eigenvalue weighted by molar-refractivity contribution is -0.138. The number of rotatable bonds is 5. The summed E-state index contributed by atoms with van der Waals surface area (Å²) in [4.78, 5) is 12.6. The van der Waals surface area contributed by atoms with Crippen molar-refractivity contribution in [2.45, 2.75) is 17.9 Å². The van der Waals surface area contributed by atoms with Crippen molar-refractivity contribution in [3.8, 4) is 0 Å². The van der Waals surface area contributed by atoms with Crippen molar-refractivity contribution in [3.63, 3.8) is 0 Å². The molecule has 0 amide bonds. The molecule has 1 unspecified atom stereocenters. The fourth-order valence-electron chi connectivity index (χ4n) is 2.96. The molecule has 0 bridgehead atoms. The molecule has 2 aromatic carbocycles. The number of halogens is 2. The lowest BCUT2D eigenvalue weighted by atomic mass is 10.0. The maximum absolute atomic E-state index is 13.3. The zero-order valence-electron chi connectivity index (χ0n) is 14.4. The Morgan fingerprint density at radius 3 is 2.59 bits per heavy atom. The molecule has 0 fully saturated rings. The first-order valence-electron chi connectivity index (χ1n) is 8.24. The predicted octanol–water partition coefficient (Wildman–Crippen LogP) is 4.34. The second-order valence-corrected chi connectivity index (χ2v) is 9.11. The van der Waals surface area contributed by atoms with E-state index >= 15 is 0 Å². The van der Waals surface area contributed by atoms with E-state index in [9.17, 15) is 13.2 Å². The van der Waals surface area contributed by atoms with Gasteiger partial charge in [-0.1, -0.05) is 51.8 Å². The van der Waals surface area contributed by atoms with Crippen LogP contribution in [0.5, 0.6) is 0 Å². The number of carbonyl (C=O) groups is 1. The fraction of sp³-hybridized carbons (Fsp3) is 0.211. The van der Waals surface area contributed by atoms with Gasteiger partial charge in [-0.05, 0) is 42.8 Å². The van der Waals surface area contributed by atoms with E-state index in [0.29, 0.717) is 20.6 Å². The van der Waals surface area contributed by atoms with Gasteiger partial charge in [0.1, 0.15) is 0 Å². The number of carbonyl (C=O) groups excluding carboxylic acids is 1. The average molecular weight is 471 g/mol. The standard InChI is InChI=1S/C19H17BrClNO4S/c1-2-26-19(23)17-10-11-22(18(17)13-6-8-15(21)9-7-13)27(24,25)16-5-3-4-14(20)12-16/h3-10,12,18H,2,11H2,1H3. The smallest absolute Gasteiger partial charge is 0.335 e. The molecule has 1 aliphatic heterocycles. The van der Waals surface area contributed by atoms with Crippen LogP contribution in [0, 0.1) is 0 Å². The quantitative estimate of drug-likeness (QED) is 0.610. The molecule has 0 saturated carbocycles. The van der Waals surface area contributed by atoms with Crippen molar-refractivity contribution >= 4 is 43.5 Å². The molecule has 0 aromatic heterocycles. The van der Waals surface area contributed by atoms with E-state index in [2.05, 4.69) is 15.9 Å². The minimum absolute atomic E-state index is 0.0797. The molecule has 0 aliphatic carbocycles. The summed E-state index contributed by atoms with van der Waals surface area (Å²) in [6.07, 6.45) is 1.60. The summed E-state index contributed by atoms with van der Waals surface area (Å²) in [6.45, 7) is 2.00. The van der Waals surface area contributed by atoms with Gasteiger partial charge in [-0.3, -0.25) is 0 Å². The minimum Gasteiger partial charge on any atom is -0.463 e. The van der Waals surface area contributed by atoms with Crippen molar-refractivity contribution < 1.29 is 17.9 Å². The molecule has 1 atom stereocenters. The largest absolute Gasteiger partial charge is 0.463 e. The molecule has 0 saturated heterocycles. The first-order chi connectivity index (χ1) is 12.8. The number of esters is 1. The van der Waals surface area contributed by atoms with Crippen molar-refractivity contribution in [2.75, 3.05) is 13.2 Å². The van der Waals surface area contributed by atoms with Crippen LogP contribution in [0.2, 0.25) is 5.02 Å². The van der Waals surface area contributed by atoms with Crippen LogP contribution in [0.25, 0.3) is 0 Å². The molecule has 1 heterocycles. The molecule has 27 heavy (non-hydrogen) atoms. The van der Waals surface area contributed by atoms with E-state index in [1.165, 1.54) is 16.4 Å². The molecule has 0 N–H and O–H groups in total. The zero-order chi connectivity index (χ0) is 19.6. The van der Waals surface area contributed by atoms with Crippen LogP contribution in [-0.4, -0.2) is 31.8 Å². The van der Waals surface area contributed by atoms with Gasteiger partial charge < -0.3 is 4.74 Å². The number of ether oxygens (including phenoxy) is 1. The Morgan fingerprint density at radius 2 is 1.96 bits per heavy atom. The molecule has 2 aromatic rings. The Labute approximate surface area is 171 Å². The molecule has 1 aliphatic rings. The van der Waals surface area contributed by atoms with Gasteiger partial charge in [-0.2, -0.15) is 4.31 Å². The van der Waals surface area contributed by atoms with Gasteiger partial charge in [-0.25, -0.2) is 13.2 Å². The third-order valence-corrected chi connectivity index (χ3v) is 6.75. The number of hydrogen-bond donors (Lipinski definition) is 0. The molecule has 0 radical (unpaired) electrons. The molecular weight excluding hydrogens is 454 g/mol. The van der Waals surface area contributed by atoms with E-state index < -0.39 is 22.0 Å². The Bertz CT molecular complexity index is 989. The average Bonchev–Trinajstić information content (AvgIpc) is 3.08. The van der Waals surface area contributed by atoms with Crippen LogP contribution in [0.4, 0.5) is 0 Å². The summed E-state index contributed by atoms with van der Waals surface area (Å²) in [5, 5.41) is 0.528. The van der Waals surface area contributed by atoms with Crippen molar-refractivity contribution in [3.05, 3.63) is 75.2 Å². The summed E-state index contributed by atoms with van der Waals surface area (Å²) >= 11 is 9.27. The van der Waals surface area contributed by atoms with Gasteiger partial charge in [0.05, 0.1) is 23.1 Å². The summed E-state index contributed by atoms with van der Waals surface area (Å²) in [5.74, 6) is -0.524. The third-order valence-electron chi connectivity index (χ3n) is 4.17.